The summed E-state index contributed by atoms with van der Waals surface area (Å²) >= 11 is 0. The van der Waals surface area contributed by atoms with Crippen molar-refractivity contribution >= 4 is 0 Å². The average Bonchev–Trinajstić information content (AvgIpc) is 2.19. The minimum atomic E-state index is 0.245. The SMILES string of the molecule is COc1cccnc1CCCCO. The summed E-state index contributed by atoms with van der Waals surface area (Å²) in [6.45, 7) is 0.245. The second kappa shape index (κ2) is 5.54. The van der Waals surface area contributed by atoms with Crippen LogP contribution in [0.25, 0.3) is 0 Å². The van der Waals surface area contributed by atoms with Gasteiger partial charge in [-0.25, -0.2) is 0 Å². The second-order valence-electron chi connectivity index (χ2n) is 2.83. The first-order valence-corrected chi connectivity index (χ1v) is 4.47. The summed E-state index contributed by atoms with van der Waals surface area (Å²) in [6, 6.07) is 3.76. The quantitative estimate of drug-likeness (QED) is 0.698. The van der Waals surface area contributed by atoms with Gasteiger partial charge in [-0.2, -0.15) is 0 Å². The average molecular weight is 181 g/mol. The van der Waals surface area contributed by atoms with Crippen molar-refractivity contribution in [3.63, 3.8) is 0 Å². The van der Waals surface area contributed by atoms with Crippen LogP contribution in [0.4, 0.5) is 0 Å². The molecule has 3 heteroatoms. The Morgan fingerprint density at radius 1 is 1.46 bits per heavy atom. The van der Waals surface area contributed by atoms with Crippen LogP contribution >= 0.6 is 0 Å². The molecule has 1 aromatic heterocycles. The van der Waals surface area contributed by atoms with Crippen LogP contribution in [0.2, 0.25) is 0 Å². The molecule has 0 aliphatic carbocycles. The summed E-state index contributed by atoms with van der Waals surface area (Å²) in [7, 11) is 1.65. The number of methoxy groups -OCH3 is 1. The van der Waals surface area contributed by atoms with E-state index in [2.05, 4.69) is 4.98 Å². The Bertz CT molecular complexity index is 250. The monoisotopic (exact) mass is 181 g/mol. The normalized spacial score (nSPS) is 10.0. The molecule has 0 unspecified atom stereocenters. The van der Waals surface area contributed by atoms with Gasteiger partial charge in [0.1, 0.15) is 5.75 Å². The van der Waals surface area contributed by atoms with Crippen LogP contribution in [0.3, 0.4) is 0 Å². The topological polar surface area (TPSA) is 42.4 Å². The molecule has 3 nitrogen and oxygen atoms in total. The van der Waals surface area contributed by atoms with Gasteiger partial charge in [-0.1, -0.05) is 0 Å². The number of unbranched alkanes of at least 4 members (excludes halogenated alkanes) is 1. The molecule has 1 rings (SSSR count). The molecule has 1 aromatic rings. The Kier molecular flexibility index (Phi) is 4.26. The van der Waals surface area contributed by atoms with E-state index in [0.29, 0.717) is 0 Å². The smallest absolute Gasteiger partial charge is 0.140 e. The maximum absolute atomic E-state index is 8.62. The molecule has 0 fully saturated rings. The van der Waals surface area contributed by atoms with E-state index in [1.54, 1.807) is 13.3 Å². The molecule has 0 aliphatic rings. The first-order valence-electron chi connectivity index (χ1n) is 4.47. The molecule has 0 spiro atoms. The molecule has 0 aromatic carbocycles. The number of hydrogen-bond donors (Lipinski definition) is 1. The zero-order valence-corrected chi connectivity index (χ0v) is 7.86. The van der Waals surface area contributed by atoms with Gasteiger partial charge in [0.05, 0.1) is 12.8 Å². The third kappa shape index (κ3) is 3.03. The Morgan fingerprint density at radius 3 is 3.00 bits per heavy atom. The number of nitrogens with zero attached hydrogens (tertiary/aromatic N) is 1. The molecule has 0 atom stereocenters. The number of rotatable bonds is 5. The van der Waals surface area contributed by atoms with Crippen molar-refractivity contribution in [2.75, 3.05) is 13.7 Å². The number of aliphatic hydroxyl groups is 1. The Hall–Kier alpha value is -1.09. The third-order valence-corrected chi connectivity index (χ3v) is 1.89. The summed E-state index contributed by atoms with van der Waals surface area (Å²) in [4.78, 5) is 4.21. The van der Waals surface area contributed by atoms with Gasteiger partial charge in [-0.3, -0.25) is 4.98 Å². The molecule has 0 radical (unpaired) electrons. The minimum absolute atomic E-state index is 0.245. The molecular weight excluding hydrogens is 166 g/mol. The largest absolute Gasteiger partial charge is 0.495 e. The van der Waals surface area contributed by atoms with E-state index in [4.69, 9.17) is 9.84 Å². The lowest BCUT2D eigenvalue weighted by Crippen LogP contribution is -1.96. The highest BCUT2D eigenvalue weighted by molar-refractivity contribution is 5.26. The zero-order chi connectivity index (χ0) is 9.52. The van der Waals surface area contributed by atoms with Crippen LogP contribution in [0, 0.1) is 0 Å². The van der Waals surface area contributed by atoms with Crippen LogP contribution < -0.4 is 4.74 Å². The van der Waals surface area contributed by atoms with Crippen molar-refractivity contribution in [3.05, 3.63) is 24.0 Å². The molecule has 0 aliphatic heterocycles. The molecule has 1 N–H and O–H groups in total. The van der Waals surface area contributed by atoms with E-state index >= 15 is 0 Å². The zero-order valence-electron chi connectivity index (χ0n) is 7.86. The van der Waals surface area contributed by atoms with Crippen LogP contribution in [-0.4, -0.2) is 23.8 Å². The highest BCUT2D eigenvalue weighted by atomic mass is 16.5. The lowest BCUT2D eigenvalue weighted by Gasteiger charge is -2.05. The Balaban J connectivity index is 2.54. The van der Waals surface area contributed by atoms with Gasteiger partial charge in [0.25, 0.3) is 0 Å². The maximum Gasteiger partial charge on any atom is 0.140 e. The molecule has 0 saturated carbocycles. The van der Waals surface area contributed by atoms with Gasteiger partial charge in [0, 0.05) is 12.8 Å². The summed E-state index contributed by atoms with van der Waals surface area (Å²) in [6.07, 6.45) is 4.39. The summed E-state index contributed by atoms with van der Waals surface area (Å²) in [5.41, 5.74) is 0.971. The van der Waals surface area contributed by atoms with E-state index in [1.165, 1.54) is 0 Å². The van der Waals surface area contributed by atoms with Crippen molar-refractivity contribution in [1.29, 1.82) is 0 Å². The number of aromatic nitrogens is 1. The molecule has 72 valence electrons. The van der Waals surface area contributed by atoms with E-state index in [1.807, 2.05) is 12.1 Å². The van der Waals surface area contributed by atoms with E-state index < -0.39 is 0 Å². The highest BCUT2D eigenvalue weighted by Crippen LogP contribution is 2.16. The number of pyridine rings is 1. The van der Waals surface area contributed by atoms with Crippen LogP contribution in [0.1, 0.15) is 18.5 Å². The van der Waals surface area contributed by atoms with Gasteiger partial charge in [-0.05, 0) is 31.4 Å². The second-order valence-corrected chi connectivity index (χ2v) is 2.83. The van der Waals surface area contributed by atoms with Crippen molar-refractivity contribution in [1.82, 2.24) is 4.98 Å². The van der Waals surface area contributed by atoms with Gasteiger partial charge >= 0.3 is 0 Å². The third-order valence-electron chi connectivity index (χ3n) is 1.89. The van der Waals surface area contributed by atoms with Gasteiger partial charge in [0.15, 0.2) is 0 Å². The number of hydrogen-bond acceptors (Lipinski definition) is 3. The molecule has 1 heterocycles. The fourth-order valence-electron chi connectivity index (χ4n) is 1.20. The fraction of sp³-hybridized carbons (Fsp3) is 0.500. The molecule has 0 saturated heterocycles. The van der Waals surface area contributed by atoms with E-state index in [-0.39, 0.29) is 6.61 Å². The van der Waals surface area contributed by atoms with Crippen LogP contribution in [-0.2, 0) is 6.42 Å². The molecule has 0 amide bonds. The Labute approximate surface area is 78.4 Å². The molecular formula is C10H15NO2. The number of ether oxygens (including phenoxy) is 1. The van der Waals surface area contributed by atoms with Gasteiger partial charge < -0.3 is 9.84 Å². The predicted octanol–water partition coefficient (Wildman–Crippen LogP) is 1.41. The fourth-order valence-corrected chi connectivity index (χ4v) is 1.20. The first-order chi connectivity index (χ1) is 6.38. The van der Waals surface area contributed by atoms with Crippen molar-refractivity contribution < 1.29 is 9.84 Å². The minimum Gasteiger partial charge on any atom is -0.495 e. The lowest BCUT2D eigenvalue weighted by molar-refractivity contribution is 0.284. The summed E-state index contributed by atoms with van der Waals surface area (Å²) in [5.74, 6) is 0.834. The van der Waals surface area contributed by atoms with Crippen LogP contribution in [0.5, 0.6) is 5.75 Å². The van der Waals surface area contributed by atoms with Crippen molar-refractivity contribution in [2.24, 2.45) is 0 Å². The van der Waals surface area contributed by atoms with Crippen molar-refractivity contribution in [3.8, 4) is 5.75 Å². The molecule has 0 bridgehead atoms. The summed E-state index contributed by atoms with van der Waals surface area (Å²) < 4.78 is 5.15. The maximum atomic E-state index is 8.62. The lowest BCUT2D eigenvalue weighted by atomic mass is 10.1. The van der Waals surface area contributed by atoms with Gasteiger partial charge in [0.2, 0.25) is 0 Å². The highest BCUT2D eigenvalue weighted by Gasteiger charge is 2.01. The van der Waals surface area contributed by atoms with E-state index in [0.717, 1.165) is 30.7 Å². The molecule has 13 heavy (non-hydrogen) atoms. The van der Waals surface area contributed by atoms with Crippen molar-refractivity contribution in [2.45, 2.75) is 19.3 Å². The first kappa shape index (κ1) is 9.99. The standard InChI is InChI=1S/C10H15NO2/c1-13-10-6-4-7-11-9(10)5-2-3-8-12/h4,6-7,12H,2-3,5,8H2,1H3. The van der Waals surface area contributed by atoms with E-state index in [9.17, 15) is 0 Å². The van der Waals surface area contributed by atoms with Crippen LogP contribution in [0.15, 0.2) is 18.3 Å². The Morgan fingerprint density at radius 2 is 2.31 bits per heavy atom. The summed E-state index contributed by atoms with van der Waals surface area (Å²) in [5, 5.41) is 8.62. The predicted molar refractivity (Wildman–Crippen MR) is 50.8 cm³/mol. The number of aliphatic hydroxyl groups excluding tert-OH is 1. The number of aryl methyl sites for hydroxylation is 1. The van der Waals surface area contributed by atoms with Gasteiger partial charge in [-0.15, -0.1) is 0 Å².